The van der Waals surface area contributed by atoms with E-state index in [1.165, 1.54) is 0 Å². The number of hydrogen-bond acceptors (Lipinski definition) is 4. The van der Waals surface area contributed by atoms with E-state index < -0.39 is 16.2 Å². The van der Waals surface area contributed by atoms with Gasteiger partial charge in [0.25, 0.3) is 10.1 Å². The predicted octanol–water partition coefficient (Wildman–Crippen LogP) is 2.08. The first-order valence-corrected chi connectivity index (χ1v) is 6.50. The Bertz CT molecular complexity index is 458. The molecule has 6 heteroatoms. The molecule has 0 spiro atoms. The number of hydrogen-bond donors (Lipinski definition) is 0. The van der Waals surface area contributed by atoms with Crippen molar-refractivity contribution >= 4 is 21.7 Å². The van der Waals surface area contributed by atoms with E-state index in [4.69, 9.17) is 15.8 Å². The second-order valence-electron chi connectivity index (χ2n) is 3.28. The molecule has 1 heterocycles. The van der Waals surface area contributed by atoms with Gasteiger partial charge in [-0.3, -0.25) is 4.18 Å². The fraction of sp³-hybridized carbons (Fsp3) is 0.444. The van der Waals surface area contributed by atoms with Gasteiger partial charge in [0.1, 0.15) is 11.3 Å². The van der Waals surface area contributed by atoms with Gasteiger partial charge in [0, 0.05) is 0 Å². The zero-order chi connectivity index (χ0) is 11.6. The maximum Gasteiger partial charge on any atom is 0.265 e. The number of pyridine rings is 1. The molecule has 15 heavy (non-hydrogen) atoms. The molecule has 0 aliphatic rings. The van der Waals surface area contributed by atoms with Crippen LogP contribution in [0.3, 0.4) is 0 Å². The van der Waals surface area contributed by atoms with Gasteiger partial charge in [-0.1, -0.05) is 17.7 Å². The van der Waals surface area contributed by atoms with Crippen LogP contribution in [0.5, 0.6) is 0 Å². The molecular weight excluding hydrogens is 238 g/mol. The summed E-state index contributed by atoms with van der Waals surface area (Å²) in [5.74, 6) is 0. The van der Waals surface area contributed by atoms with Crippen molar-refractivity contribution in [2.45, 2.75) is 20.0 Å². The molecule has 1 atom stereocenters. The number of nitrogens with zero attached hydrogens (tertiary/aromatic N) is 1. The first kappa shape index (κ1) is 12.4. The van der Waals surface area contributed by atoms with E-state index in [0.29, 0.717) is 10.8 Å². The Morgan fingerprint density at radius 2 is 2.07 bits per heavy atom. The Balaban J connectivity index is 3.00. The van der Waals surface area contributed by atoms with Crippen LogP contribution >= 0.6 is 11.6 Å². The fourth-order valence-electron chi connectivity index (χ4n) is 1.24. The highest BCUT2D eigenvalue weighted by atomic mass is 35.5. The predicted molar refractivity (Wildman–Crippen MR) is 58.3 cm³/mol. The lowest BCUT2D eigenvalue weighted by atomic mass is 10.1. The molecule has 0 aromatic carbocycles. The van der Waals surface area contributed by atoms with Crippen LogP contribution in [0.15, 0.2) is 12.1 Å². The van der Waals surface area contributed by atoms with Crippen molar-refractivity contribution in [2.75, 3.05) is 6.26 Å². The first-order chi connectivity index (χ1) is 6.79. The molecule has 1 aromatic rings. The topological polar surface area (TPSA) is 56.3 Å². The summed E-state index contributed by atoms with van der Waals surface area (Å²) in [5, 5.41) is 0.319. The molecule has 0 saturated heterocycles. The Morgan fingerprint density at radius 1 is 1.47 bits per heavy atom. The van der Waals surface area contributed by atoms with Crippen molar-refractivity contribution in [1.82, 2.24) is 4.98 Å². The third-order valence-corrected chi connectivity index (χ3v) is 2.66. The first-order valence-electron chi connectivity index (χ1n) is 4.31. The van der Waals surface area contributed by atoms with E-state index in [1.54, 1.807) is 19.1 Å². The molecule has 1 unspecified atom stereocenters. The summed E-state index contributed by atoms with van der Waals surface area (Å²) in [5.41, 5.74) is 1.38. The van der Waals surface area contributed by atoms with Crippen LogP contribution in [0.4, 0.5) is 0 Å². The molecule has 0 amide bonds. The van der Waals surface area contributed by atoms with E-state index in [1.807, 2.05) is 6.92 Å². The standard InChI is InChI=1S/C9H12ClNO3S/c1-6-4-5-8(10)11-9(6)7(2)14-15(3,12)13/h4-5,7H,1-3H3. The van der Waals surface area contributed by atoms with Crippen molar-refractivity contribution in [2.24, 2.45) is 0 Å². The quantitative estimate of drug-likeness (QED) is 0.608. The van der Waals surface area contributed by atoms with Gasteiger partial charge in [0.2, 0.25) is 0 Å². The van der Waals surface area contributed by atoms with Crippen LogP contribution in [0.1, 0.15) is 24.3 Å². The Labute approximate surface area is 94.4 Å². The van der Waals surface area contributed by atoms with Gasteiger partial charge in [-0.25, -0.2) is 4.98 Å². The van der Waals surface area contributed by atoms with Crippen LogP contribution in [0.2, 0.25) is 5.15 Å². The lowest BCUT2D eigenvalue weighted by molar-refractivity contribution is 0.231. The van der Waals surface area contributed by atoms with Crippen LogP contribution in [-0.2, 0) is 14.3 Å². The van der Waals surface area contributed by atoms with Crippen LogP contribution in [-0.4, -0.2) is 19.7 Å². The third kappa shape index (κ3) is 3.77. The molecule has 0 aliphatic heterocycles. The average Bonchev–Trinajstić information content (AvgIpc) is 2.06. The highest BCUT2D eigenvalue weighted by molar-refractivity contribution is 7.86. The van der Waals surface area contributed by atoms with Gasteiger partial charge < -0.3 is 0 Å². The van der Waals surface area contributed by atoms with Gasteiger partial charge >= 0.3 is 0 Å². The van der Waals surface area contributed by atoms with Crippen LogP contribution in [0.25, 0.3) is 0 Å². The summed E-state index contributed by atoms with van der Waals surface area (Å²) in [6, 6.07) is 3.42. The van der Waals surface area contributed by atoms with Crippen LogP contribution in [0, 0.1) is 6.92 Å². The molecule has 0 saturated carbocycles. The fourth-order valence-corrected chi connectivity index (χ4v) is 2.01. The maximum absolute atomic E-state index is 10.9. The molecule has 84 valence electrons. The largest absolute Gasteiger partial charge is 0.265 e. The second-order valence-corrected chi connectivity index (χ2v) is 5.27. The second kappa shape index (κ2) is 4.47. The molecule has 0 aliphatic carbocycles. The summed E-state index contributed by atoms with van der Waals surface area (Å²) in [6.45, 7) is 3.44. The summed E-state index contributed by atoms with van der Waals surface area (Å²) in [7, 11) is -3.48. The zero-order valence-electron chi connectivity index (χ0n) is 8.69. The van der Waals surface area contributed by atoms with Crippen molar-refractivity contribution < 1.29 is 12.6 Å². The Morgan fingerprint density at radius 3 is 2.60 bits per heavy atom. The summed E-state index contributed by atoms with van der Waals surface area (Å²) >= 11 is 5.72. The minimum Gasteiger partial charge on any atom is -0.261 e. The van der Waals surface area contributed by atoms with Gasteiger partial charge in [0.15, 0.2) is 0 Å². The van der Waals surface area contributed by atoms with Gasteiger partial charge in [-0.2, -0.15) is 8.42 Å². The SMILES string of the molecule is Cc1ccc(Cl)nc1C(C)OS(C)(=O)=O. The van der Waals surface area contributed by atoms with E-state index in [2.05, 4.69) is 4.98 Å². The van der Waals surface area contributed by atoms with E-state index in [-0.39, 0.29) is 0 Å². The number of aryl methyl sites for hydroxylation is 1. The third-order valence-electron chi connectivity index (χ3n) is 1.81. The number of aromatic nitrogens is 1. The summed E-state index contributed by atoms with van der Waals surface area (Å²) in [4.78, 5) is 4.03. The summed E-state index contributed by atoms with van der Waals surface area (Å²) in [6.07, 6.45) is 0.377. The average molecular weight is 250 g/mol. The maximum atomic E-state index is 10.9. The molecule has 0 N–H and O–H groups in total. The highest BCUT2D eigenvalue weighted by Crippen LogP contribution is 2.21. The molecular formula is C9H12ClNO3S. The molecule has 4 nitrogen and oxygen atoms in total. The molecule has 1 aromatic heterocycles. The van der Waals surface area contributed by atoms with E-state index in [0.717, 1.165) is 11.8 Å². The van der Waals surface area contributed by atoms with Crippen molar-refractivity contribution in [3.8, 4) is 0 Å². The lowest BCUT2D eigenvalue weighted by Gasteiger charge is -2.12. The van der Waals surface area contributed by atoms with Gasteiger partial charge in [0.05, 0.1) is 11.9 Å². The minimum absolute atomic E-state index is 0.319. The molecule has 0 fully saturated rings. The summed E-state index contributed by atoms with van der Waals surface area (Å²) < 4.78 is 26.7. The van der Waals surface area contributed by atoms with Gasteiger partial charge in [-0.05, 0) is 25.5 Å². The minimum atomic E-state index is -3.48. The number of rotatable bonds is 3. The van der Waals surface area contributed by atoms with Crippen molar-refractivity contribution in [3.63, 3.8) is 0 Å². The zero-order valence-corrected chi connectivity index (χ0v) is 10.3. The molecule has 0 bridgehead atoms. The Hall–Kier alpha value is -0.650. The van der Waals surface area contributed by atoms with Crippen LogP contribution < -0.4 is 0 Å². The lowest BCUT2D eigenvalue weighted by Crippen LogP contribution is -2.10. The van der Waals surface area contributed by atoms with Crippen molar-refractivity contribution in [3.05, 3.63) is 28.5 Å². The van der Waals surface area contributed by atoms with Gasteiger partial charge in [-0.15, -0.1) is 0 Å². The Kier molecular flexibility index (Phi) is 3.70. The molecule has 1 rings (SSSR count). The van der Waals surface area contributed by atoms with E-state index in [9.17, 15) is 8.42 Å². The number of halogens is 1. The molecule has 0 radical (unpaired) electrons. The highest BCUT2D eigenvalue weighted by Gasteiger charge is 2.16. The smallest absolute Gasteiger partial charge is 0.261 e. The normalized spacial score (nSPS) is 13.9. The monoisotopic (exact) mass is 249 g/mol. The van der Waals surface area contributed by atoms with E-state index >= 15 is 0 Å². The van der Waals surface area contributed by atoms with Crippen molar-refractivity contribution in [1.29, 1.82) is 0 Å².